The SMILES string of the molecule is N[C@H]1CCCN(C(=O)c2cccc3c2OCO3)C1. The molecular formula is C13H16N2O3. The van der Waals surface area contributed by atoms with Gasteiger partial charge in [-0.25, -0.2) is 0 Å². The minimum Gasteiger partial charge on any atom is -0.454 e. The molecule has 1 amide bonds. The Balaban J connectivity index is 1.86. The molecule has 1 atom stereocenters. The number of hydrogen-bond acceptors (Lipinski definition) is 4. The molecule has 5 heteroatoms. The lowest BCUT2D eigenvalue weighted by atomic mass is 10.0. The number of piperidine rings is 1. The van der Waals surface area contributed by atoms with Crippen molar-refractivity contribution in [3.05, 3.63) is 23.8 Å². The van der Waals surface area contributed by atoms with Crippen molar-refractivity contribution in [1.29, 1.82) is 0 Å². The highest BCUT2D eigenvalue weighted by Gasteiger charge is 2.27. The monoisotopic (exact) mass is 248 g/mol. The van der Waals surface area contributed by atoms with E-state index < -0.39 is 0 Å². The van der Waals surface area contributed by atoms with E-state index in [1.807, 2.05) is 6.07 Å². The third-order valence-electron chi connectivity index (χ3n) is 3.37. The van der Waals surface area contributed by atoms with Crippen LogP contribution in [0.5, 0.6) is 11.5 Å². The van der Waals surface area contributed by atoms with E-state index >= 15 is 0 Å². The summed E-state index contributed by atoms with van der Waals surface area (Å²) in [5, 5.41) is 0. The van der Waals surface area contributed by atoms with Crippen molar-refractivity contribution in [3.63, 3.8) is 0 Å². The van der Waals surface area contributed by atoms with Crippen LogP contribution in [0, 0.1) is 0 Å². The summed E-state index contributed by atoms with van der Waals surface area (Å²) in [5.74, 6) is 1.18. The number of hydrogen-bond donors (Lipinski definition) is 1. The van der Waals surface area contributed by atoms with Gasteiger partial charge in [0.15, 0.2) is 11.5 Å². The van der Waals surface area contributed by atoms with Crippen LogP contribution in [-0.4, -0.2) is 36.7 Å². The predicted molar refractivity (Wildman–Crippen MR) is 65.7 cm³/mol. The fourth-order valence-corrected chi connectivity index (χ4v) is 2.46. The maximum absolute atomic E-state index is 12.4. The molecule has 0 saturated carbocycles. The van der Waals surface area contributed by atoms with Crippen molar-refractivity contribution in [1.82, 2.24) is 4.90 Å². The summed E-state index contributed by atoms with van der Waals surface area (Å²) in [6, 6.07) is 5.47. The Labute approximate surface area is 105 Å². The van der Waals surface area contributed by atoms with Crippen molar-refractivity contribution in [2.24, 2.45) is 5.73 Å². The van der Waals surface area contributed by atoms with Gasteiger partial charge in [-0.05, 0) is 25.0 Å². The topological polar surface area (TPSA) is 64.8 Å². The van der Waals surface area contributed by atoms with Crippen molar-refractivity contribution < 1.29 is 14.3 Å². The molecule has 5 nitrogen and oxygen atoms in total. The largest absolute Gasteiger partial charge is 0.454 e. The summed E-state index contributed by atoms with van der Waals surface area (Å²) in [6.45, 7) is 1.56. The summed E-state index contributed by atoms with van der Waals surface area (Å²) in [5.41, 5.74) is 6.47. The standard InChI is InChI=1S/C13H16N2O3/c14-9-3-2-6-15(7-9)13(16)10-4-1-5-11-12(10)18-8-17-11/h1,4-5,9H,2-3,6-8,14H2/t9-/m0/s1. The van der Waals surface area contributed by atoms with E-state index in [0.29, 0.717) is 23.6 Å². The molecule has 2 aliphatic heterocycles. The molecule has 1 aromatic rings. The molecule has 1 aromatic carbocycles. The lowest BCUT2D eigenvalue weighted by Gasteiger charge is -2.31. The Kier molecular flexibility index (Phi) is 2.83. The van der Waals surface area contributed by atoms with E-state index in [1.54, 1.807) is 17.0 Å². The maximum atomic E-state index is 12.4. The Hall–Kier alpha value is -1.75. The fourth-order valence-electron chi connectivity index (χ4n) is 2.46. The molecule has 0 aliphatic carbocycles. The zero-order valence-corrected chi connectivity index (χ0v) is 10.1. The van der Waals surface area contributed by atoms with E-state index in [0.717, 1.165) is 19.4 Å². The first-order valence-corrected chi connectivity index (χ1v) is 6.19. The molecule has 1 saturated heterocycles. The van der Waals surface area contributed by atoms with Crippen molar-refractivity contribution in [3.8, 4) is 11.5 Å². The molecule has 0 radical (unpaired) electrons. The van der Waals surface area contributed by atoms with Gasteiger partial charge in [0.2, 0.25) is 6.79 Å². The average molecular weight is 248 g/mol. The number of nitrogens with zero attached hydrogens (tertiary/aromatic N) is 1. The summed E-state index contributed by atoms with van der Waals surface area (Å²) in [6.07, 6.45) is 1.94. The van der Waals surface area contributed by atoms with Crippen LogP contribution in [0.3, 0.4) is 0 Å². The summed E-state index contributed by atoms with van der Waals surface area (Å²) < 4.78 is 10.6. The zero-order valence-electron chi connectivity index (χ0n) is 10.1. The van der Waals surface area contributed by atoms with E-state index in [9.17, 15) is 4.79 Å². The summed E-state index contributed by atoms with van der Waals surface area (Å²) in [7, 11) is 0. The van der Waals surface area contributed by atoms with Crippen LogP contribution >= 0.6 is 0 Å². The molecule has 0 spiro atoms. The molecule has 3 rings (SSSR count). The number of nitrogens with two attached hydrogens (primary N) is 1. The lowest BCUT2D eigenvalue weighted by molar-refractivity contribution is 0.0704. The summed E-state index contributed by atoms with van der Waals surface area (Å²) >= 11 is 0. The predicted octanol–water partition coefficient (Wildman–Crippen LogP) is 0.979. The van der Waals surface area contributed by atoms with Gasteiger partial charge >= 0.3 is 0 Å². The van der Waals surface area contributed by atoms with Crippen molar-refractivity contribution >= 4 is 5.91 Å². The molecule has 96 valence electrons. The van der Waals surface area contributed by atoms with Crippen LogP contribution in [-0.2, 0) is 0 Å². The second-order valence-electron chi connectivity index (χ2n) is 4.69. The van der Waals surface area contributed by atoms with E-state index in [2.05, 4.69) is 0 Å². The average Bonchev–Trinajstić information content (AvgIpc) is 2.86. The zero-order chi connectivity index (χ0) is 12.5. The first kappa shape index (κ1) is 11.3. The number of benzene rings is 1. The first-order chi connectivity index (χ1) is 8.75. The lowest BCUT2D eigenvalue weighted by Crippen LogP contribution is -2.45. The smallest absolute Gasteiger partial charge is 0.257 e. The highest BCUT2D eigenvalue weighted by molar-refractivity contribution is 5.98. The van der Waals surface area contributed by atoms with Gasteiger partial charge < -0.3 is 20.1 Å². The van der Waals surface area contributed by atoms with Gasteiger partial charge in [-0.3, -0.25) is 4.79 Å². The van der Waals surface area contributed by atoms with E-state index in [4.69, 9.17) is 15.2 Å². The van der Waals surface area contributed by atoms with Gasteiger partial charge in [0.1, 0.15) is 0 Å². The van der Waals surface area contributed by atoms with E-state index in [1.165, 1.54) is 0 Å². The van der Waals surface area contributed by atoms with Crippen LogP contribution in [0.1, 0.15) is 23.2 Å². The fraction of sp³-hybridized carbons (Fsp3) is 0.462. The van der Waals surface area contributed by atoms with Gasteiger partial charge in [-0.15, -0.1) is 0 Å². The molecule has 0 aromatic heterocycles. The highest BCUT2D eigenvalue weighted by Crippen LogP contribution is 2.36. The van der Waals surface area contributed by atoms with Crippen molar-refractivity contribution in [2.45, 2.75) is 18.9 Å². The number of ether oxygens (including phenoxy) is 2. The highest BCUT2D eigenvalue weighted by atomic mass is 16.7. The molecular weight excluding hydrogens is 232 g/mol. The minimum absolute atomic E-state index is 0.0208. The number of carbonyl (C=O) groups excluding carboxylic acids is 1. The van der Waals surface area contributed by atoms with Crippen LogP contribution in [0.2, 0.25) is 0 Å². The second kappa shape index (κ2) is 4.49. The van der Waals surface area contributed by atoms with Crippen LogP contribution in [0.15, 0.2) is 18.2 Å². The number of fused-ring (bicyclic) bond motifs is 1. The van der Waals surface area contributed by atoms with Crippen molar-refractivity contribution in [2.75, 3.05) is 19.9 Å². The third-order valence-corrected chi connectivity index (χ3v) is 3.37. The number of carbonyl (C=O) groups is 1. The van der Waals surface area contributed by atoms with Gasteiger partial charge in [-0.2, -0.15) is 0 Å². The minimum atomic E-state index is -0.0208. The Bertz CT molecular complexity index is 475. The molecule has 0 unspecified atom stereocenters. The van der Waals surface area contributed by atoms with Gasteiger partial charge in [0, 0.05) is 19.1 Å². The van der Waals surface area contributed by atoms with Crippen LogP contribution in [0.25, 0.3) is 0 Å². The van der Waals surface area contributed by atoms with Gasteiger partial charge in [0.05, 0.1) is 5.56 Å². The molecule has 0 bridgehead atoms. The Morgan fingerprint density at radius 1 is 1.39 bits per heavy atom. The maximum Gasteiger partial charge on any atom is 0.257 e. The molecule has 2 aliphatic rings. The quantitative estimate of drug-likeness (QED) is 0.804. The van der Waals surface area contributed by atoms with E-state index in [-0.39, 0.29) is 18.7 Å². The normalized spacial score (nSPS) is 22.1. The van der Waals surface area contributed by atoms with Crippen LogP contribution < -0.4 is 15.2 Å². The molecule has 2 heterocycles. The number of amides is 1. The molecule has 2 N–H and O–H groups in total. The first-order valence-electron chi connectivity index (χ1n) is 6.19. The van der Waals surface area contributed by atoms with Crippen LogP contribution in [0.4, 0.5) is 0 Å². The van der Waals surface area contributed by atoms with Gasteiger partial charge in [-0.1, -0.05) is 6.07 Å². The summed E-state index contributed by atoms with van der Waals surface area (Å²) in [4.78, 5) is 14.2. The number of likely N-dealkylation sites (tertiary alicyclic amines) is 1. The molecule has 18 heavy (non-hydrogen) atoms. The molecule has 1 fully saturated rings. The number of rotatable bonds is 1. The van der Waals surface area contributed by atoms with Gasteiger partial charge in [0.25, 0.3) is 5.91 Å². The third kappa shape index (κ3) is 1.90. The Morgan fingerprint density at radius 2 is 2.28 bits per heavy atom. The second-order valence-corrected chi connectivity index (χ2v) is 4.69. The Morgan fingerprint density at radius 3 is 3.11 bits per heavy atom. The number of para-hydroxylation sites is 1.